The number of nitrogens with two attached hydrogens (primary N) is 1. The van der Waals surface area contributed by atoms with Crippen molar-refractivity contribution in [3.05, 3.63) is 50.1 Å². The lowest BCUT2D eigenvalue weighted by atomic mass is 10.0. The standard InChI is InChI=1S/C13H15BrN2OS/c1-8-5-6-18-13(8)12(16-15)10-7-9(17-2)3-4-11(10)14/h3-7,12,16H,15H2,1-2H3. The summed E-state index contributed by atoms with van der Waals surface area (Å²) in [6.45, 7) is 2.09. The maximum absolute atomic E-state index is 5.72. The minimum absolute atomic E-state index is 0.0329. The van der Waals surface area contributed by atoms with Crippen molar-refractivity contribution in [2.75, 3.05) is 7.11 Å². The molecule has 5 heteroatoms. The van der Waals surface area contributed by atoms with Crippen LogP contribution in [0.2, 0.25) is 0 Å². The van der Waals surface area contributed by atoms with Gasteiger partial charge >= 0.3 is 0 Å². The van der Waals surface area contributed by atoms with Gasteiger partial charge in [0.15, 0.2) is 0 Å². The van der Waals surface area contributed by atoms with Gasteiger partial charge in [0.25, 0.3) is 0 Å². The minimum atomic E-state index is -0.0329. The summed E-state index contributed by atoms with van der Waals surface area (Å²) in [7, 11) is 1.66. The average molecular weight is 327 g/mol. The second-order valence-electron chi connectivity index (χ2n) is 3.95. The SMILES string of the molecule is COc1ccc(Br)c(C(NN)c2sccc2C)c1. The molecule has 3 nitrogen and oxygen atoms in total. The lowest BCUT2D eigenvalue weighted by Crippen LogP contribution is -2.29. The predicted molar refractivity (Wildman–Crippen MR) is 78.9 cm³/mol. The van der Waals surface area contributed by atoms with Crippen molar-refractivity contribution < 1.29 is 4.74 Å². The van der Waals surface area contributed by atoms with Gasteiger partial charge in [0, 0.05) is 9.35 Å². The van der Waals surface area contributed by atoms with E-state index in [0.29, 0.717) is 0 Å². The molecule has 96 valence electrons. The number of aryl methyl sites for hydroxylation is 1. The van der Waals surface area contributed by atoms with E-state index in [0.717, 1.165) is 15.8 Å². The fraction of sp³-hybridized carbons (Fsp3) is 0.231. The Hall–Kier alpha value is -0.880. The Kier molecular flexibility index (Phi) is 4.40. The van der Waals surface area contributed by atoms with E-state index in [9.17, 15) is 0 Å². The molecule has 0 fully saturated rings. The van der Waals surface area contributed by atoms with Crippen LogP contribution in [0.1, 0.15) is 22.0 Å². The number of rotatable bonds is 4. The molecule has 0 amide bonds. The summed E-state index contributed by atoms with van der Waals surface area (Å²) in [4.78, 5) is 1.21. The molecule has 18 heavy (non-hydrogen) atoms. The van der Waals surface area contributed by atoms with Crippen LogP contribution < -0.4 is 16.0 Å². The molecule has 0 aliphatic rings. The molecular weight excluding hydrogens is 312 g/mol. The van der Waals surface area contributed by atoms with Crippen LogP contribution in [-0.4, -0.2) is 7.11 Å². The lowest BCUT2D eigenvalue weighted by Gasteiger charge is -2.18. The molecule has 0 radical (unpaired) electrons. The van der Waals surface area contributed by atoms with Crippen molar-refractivity contribution in [1.29, 1.82) is 0 Å². The van der Waals surface area contributed by atoms with Crippen LogP contribution in [0.25, 0.3) is 0 Å². The molecule has 2 aromatic rings. The highest BCUT2D eigenvalue weighted by molar-refractivity contribution is 9.10. The van der Waals surface area contributed by atoms with Crippen LogP contribution in [0.5, 0.6) is 5.75 Å². The van der Waals surface area contributed by atoms with E-state index in [1.165, 1.54) is 10.4 Å². The van der Waals surface area contributed by atoms with Gasteiger partial charge in [-0.15, -0.1) is 11.3 Å². The highest BCUT2D eigenvalue weighted by Crippen LogP contribution is 2.34. The zero-order valence-corrected chi connectivity index (χ0v) is 12.6. The van der Waals surface area contributed by atoms with E-state index in [4.69, 9.17) is 10.6 Å². The van der Waals surface area contributed by atoms with Gasteiger partial charge in [-0.05, 0) is 47.7 Å². The molecule has 0 saturated carbocycles. The first-order chi connectivity index (χ1) is 8.67. The Labute approximate surface area is 119 Å². The third-order valence-corrected chi connectivity index (χ3v) is 4.65. The fourth-order valence-electron chi connectivity index (χ4n) is 1.86. The Bertz CT molecular complexity index is 542. The molecular formula is C13H15BrN2OS. The number of thiophene rings is 1. The molecule has 2 rings (SSSR count). The smallest absolute Gasteiger partial charge is 0.119 e. The third kappa shape index (κ3) is 2.59. The maximum Gasteiger partial charge on any atom is 0.119 e. The molecule has 1 atom stereocenters. The number of methoxy groups -OCH3 is 1. The Morgan fingerprint density at radius 1 is 1.39 bits per heavy atom. The summed E-state index contributed by atoms with van der Waals surface area (Å²) in [6, 6.07) is 7.95. The van der Waals surface area contributed by atoms with Gasteiger partial charge in [0.2, 0.25) is 0 Å². The third-order valence-electron chi connectivity index (χ3n) is 2.84. The van der Waals surface area contributed by atoms with Gasteiger partial charge in [-0.1, -0.05) is 15.9 Å². The van der Waals surface area contributed by atoms with Gasteiger partial charge in [-0.25, -0.2) is 5.43 Å². The average Bonchev–Trinajstić information content (AvgIpc) is 2.79. The van der Waals surface area contributed by atoms with Crippen LogP contribution in [-0.2, 0) is 0 Å². The number of hydrogen-bond donors (Lipinski definition) is 2. The largest absolute Gasteiger partial charge is 0.497 e. The summed E-state index contributed by atoms with van der Waals surface area (Å²) in [5.74, 6) is 6.54. The molecule has 0 saturated heterocycles. The lowest BCUT2D eigenvalue weighted by molar-refractivity contribution is 0.413. The van der Waals surface area contributed by atoms with E-state index in [1.807, 2.05) is 18.2 Å². The molecule has 1 aromatic heterocycles. The summed E-state index contributed by atoms with van der Waals surface area (Å²) < 4.78 is 6.28. The van der Waals surface area contributed by atoms with Crippen molar-refractivity contribution in [3.8, 4) is 5.75 Å². The Morgan fingerprint density at radius 3 is 2.72 bits per heavy atom. The topological polar surface area (TPSA) is 47.3 Å². The summed E-state index contributed by atoms with van der Waals surface area (Å²) in [5, 5.41) is 2.07. The molecule has 3 N–H and O–H groups in total. The zero-order chi connectivity index (χ0) is 13.1. The van der Waals surface area contributed by atoms with Crippen molar-refractivity contribution >= 4 is 27.3 Å². The number of ether oxygens (including phenoxy) is 1. The highest BCUT2D eigenvalue weighted by Gasteiger charge is 2.19. The van der Waals surface area contributed by atoms with Crippen molar-refractivity contribution in [2.24, 2.45) is 5.84 Å². The van der Waals surface area contributed by atoms with Gasteiger partial charge in [-0.2, -0.15) is 0 Å². The number of nitrogens with one attached hydrogen (secondary N) is 1. The second kappa shape index (κ2) is 5.84. The van der Waals surface area contributed by atoms with Crippen LogP contribution in [0.15, 0.2) is 34.1 Å². The molecule has 1 unspecified atom stereocenters. The Morgan fingerprint density at radius 2 is 2.17 bits per heavy atom. The number of halogens is 1. The fourth-order valence-corrected chi connectivity index (χ4v) is 3.34. The summed E-state index contributed by atoms with van der Waals surface area (Å²) in [6.07, 6.45) is 0. The second-order valence-corrected chi connectivity index (χ2v) is 5.76. The molecule has 0 bridgehead atoms. The number of benzene rings is 1. The number of hydrazine groups is 1. The molecule has 1 heterocycles. The van der Waals surface area contributed by atoms with E-state index in [1.54, 1.807) is 18.4 Å². The molecule has 0 aliphatic heterocycles. The highest BCUT2D eigenvalue weighted by atomic mass is 79.9. The van der Waals surface area contributed by atoms with E-state index < -0.39 is 0 Å². The zero-order valence-electron chi connectivity index (χ0n) is 10.2. The monoisotopic (exact) mass is 326 g/mol. The van der Waals surface area contributed by atoms with Crippen molar-refractivity contribution in [1.82, 2.24) is 5.43 Å². The first kappa shape index (κ1) is 13.5. The van der Waals surface area contributed by atoms with Crippen LogP contribution in [0.3, 0.4) is 0 Å². The van der Waals surface area contributed by atoms with Crippen LogP contribution >= 0.6 is 27.3 Å². The van der Waals surface area contributed by atoms with Crippen molar-refractivity contribution in [3.63, 3.8) is 0 Å². The predicted octanol–water partition coefficient (Wildman–Crippen LogP) is 3.38. The molecule has 0 spiro atoms. The Balaban J connectivity index is 2.48. The molecule has 0 aliphatic carbocycles. The van der Waals surface area contributed by atoms with Gasteiger partial charge < -0.3 is 4.74 Å². The normalized spacial score (nSPS) is 12.4. The first-order valence-electron chi connectivity index (χ1n) is 5.51. The number of hydrogen-bond acceptors (Lipinski definition) is 4. The van der Waals surface area contributed by atoms with Gasteiger partial charge in [0.1, 0.15) is 5.75 Å². The van der Waals surface area contributed by atoms with Crippen LogP contribution in [0, 0.1) is 6.92 Å². The maximum atomic E-state index is 5.72. The van der Waals surface area contributed by atoms with E-state index >= 15 is 0 Å². The van der Waals surface area contributed by atoms with Gasteiger partial charge in [-0.3, -0.25) is 5.84 Å². The van der Waals surface area contributed by atoms with Crippen molar-refractivity contribution in [2.45, 2.75) is 13.0 Å². The van der Waals surface area contributed by atoms with E-state index in [-0.39, 0.29) is 6.04 Å². The minimum Gasteiger partial charge on any atom is -0.497 e. The van der Waals surface area contributed by atoms with Crippen LogP contribution in [0.4, 0.5) is 0 Å². The first-order valence-corrected chi connectivity index (χ1v) is 7.18. The quantitative estimate of drug-likeness (QED) is 0.668. The summed E-state index contributed by atoms with van der Waals surface area (Å²) >= 11 is 5.26. The van der Waals surface area contributed by atoms with Gasteiger partial charge in [0.05, 0.1) is 13.2 Å². The van der Waals surface area contributed by atoms with E-state index in [2.05, 4.69) is 39.7 Å². The molecule has 1 aromatic carbocycles. The summed E-state index contributed by atoms with van der Waals surface area (Å²) in [5.41, 5.74) is 5.18.